The Morgan fingerprint density at radius 2 is 1.68 bits per heavy atom. The van der Waals surface area contributed by atoms with Gasteiger partial charge >= 0.3 is 0 Å². The Bertz CT molecular complexity index is 2300. The second kappa shape index (κ2) is 14.4. The molecule has 3 aromatic carbocycles. The maximum atomic E-state index is 13.4. The van der Waals surface area contributed by atoms with Crippen molar-refractivity contribution in [3.63, 3.8) is 0 Å². The number of hydrogen-bond acceptors (Lipinski definition) is 10. The molecule has 4 aromatic rings. The monoisotopic (exact) mass is 793 g/mol. The topological polar surface area (TPSA) is 131 Å². The number of hydrogen-bond donors (Lipinski definition) is 2. The molecule has 4 fully saturated rings. The molecule has 304 valence electrons. The summed E-state index contributed by atoms with van der Waals surface area (Å²) in [7, 11) is 0. The van der Waals surface area contributed by atoms with Gasteiger partial charge in [0.1, 0.15) is 24.1 Å². The highest BCUT2D eigenvalue weighted by Gasteiger charge is 2.48. The van der Waals surface area contributed by atoms with Crippen molar-refractivity contribution in [1.29, 1.82) is 0 Å². The number of piperazine rings is 1. The van der Waals surface area contributed by atoms with E-state index in [0.29, 0.717) is 48.1 Å². The summed E-state index contributed by atoms with van der Waals surface area (Å²) in [6.45, 7) is 6.88. The van der Waals surface area contributed by atoms with E-state index in [1.165, 1.54) is 42.4 Å². The van der Waals surface area contributed by atoms with Gasteiger partial charge in [-0.25, -0.2) is 9.97 Å². The lowest BCUT2D eigenvalue weighted by atomic mass is 9.57. The van der Waals surface area contributed by atoms with E-state index in [-0.39, 0.29) is 30.2 Å². The van der Waals surface area contributed by atoms with Crippen molar-refractivity contribution >= 4 is 29.4 Å². The third-order valence-corrected chi connectivity index (χ3v) is 14.8. The fourth-order valence-corrected chi connectivity index (χ4v) is 11.9. The lowest BCUT2D eigenvalue weighted by molar-refractivity contribution is -0.136. The Kier molecular flexibility index (Phi) is 8.90. The van der Waals surface area contributed by atoms with Gasteiger partial charge in [0.05, 0.1) is 18.3 Å². The van der Waals surface area contributed by atoms with Gasteiger partial charge in [-0.3, -0.25) is 24.6 Å². The van der Waals surface area contributed by atoms with Gasteiger partial charge < -0.3 is 24.5 Å². The van der Waals surface area contributed by atoms with Crippen LogP contribution < -0.4 is 19.9 Å². The number of rotatable bonds is 6. The first-order valence-corrected chi connectivity index (χ1v) is 21.7. The van der Waals surface area contributed by atoms with E-state index in [4.69, 9.17) is 14.7 Å². The van der Waals surface area contributed by atoms with E-state index in [1.54, 1.807) is 4.90 Å². The van der Waals surface area contributed by atoms with E-state index in [1.807, 2.05) is 24.3 Å². The third-order valence-electron chi connectivity index (χ3n) is 14.8. The van der Waals surface area contributed by atoms with Gasteiger partial charge in [-0.15, -0.1) is 0 Å². The van der Waals surface area contributed by atoms with Crippen LogP contribution in [0.15, 0.2) is 73.1 Å². The third kappa shape index (κ3) is 6.42. The Labute approximate surface area is 344 Å². The van der Waals surface area contributed by atoms with Crippen LogP contribution >= 0.6 is 0 Å². The number of carbonyl (C=O) groups excluding carboxylic acids is 3. The number of phenols is 1. The number of anilines is 2. The largest absolute Gasteiger partial charge is 0.508 e. The molecule has 1 aromatic heterocycles. The lowest BCUT2D eigenvalue weighted by Gasteiger charge is -2.54. The van der Waals surface area contributed by atoms with Crippen molar-refractivity contribution in [2.45, 2.75) is 81.8 Å². The number of nitrogens with one attached hydrogen (secondary N) is 1. The molecule has 2 N–H and O–H groups in total. The van der Waals surface area contributed by atoms with Crippen molar-refractivity contribution in [3.8, 4) is 11.5 Å². The van der Waals surface area contributed by atoms with E-state index >= 15 is 0 Å². The summed E-state index contributed by atoms with van der Waals surface area (Å²) < 4.78 is 6.45. The van der Waals surface area contributed by atoms with Crippen LogP contribution in [-0.4, -0.2) is 101 Å². The lowest BCUT2D eigenvalue weighted by Crippen LogP contribution is -2.59. The zero-order valence-electron chi connectivity index (χ0n) is 33.4. The van der Waals surface area contributed by atoms with Crippen molar-refractivity contribution in [2.75, 3.05) is 55.7 Å². The smallest absolute Gasteiger partial charge is 0.255 e. The Morgan fingerprint density at radius 1 is 0.864 bits per heavy atom. The highest BCUT2D eigenvalue weighted by atomic mass is 16.5. The Balaban J connectivity index is 0.688. The van der Waals surface area contributed by atoms with Crippen molar-refractivity contribution in [3.05, 3.63) is 106 Å². The van der Waals surface area contributed by atoms with Gasteiger partial charge in [-0.05, 0) is 109 Å². The van der Waals surface area contributed by atoms with Gasteiger partial charge in [-0.2, -0.15) is 0 Å². The minimum absolute atomic E-state index is 0.143. The maximum Gasteiger partial charge on any atom is 0.255 e. The number of benzene rings is 3. The molecule has 1 spiro atoms. The quantitative estimate of drug-likeness (QED) is 0.246. The number of carbonyl (C=O) groups is 3. The van der Waals surface area contributed by atoms with Crippen LogP contribution in [-0.2, 0) is 22.6 Å². The van der Waals surface area contributed by atoms with E-state index in [2.05, 4.69) is 68.8 Å². The Morgan fingerprint density at radius 3 is 2.47 bits per heavy atom. The average Bonchev–Trinajstić information content (AvgIpc) is 3.58. The van der Waals surface area contributed by atoms with Gasteiger partial charge in [-0.1, -0.05) is 36.4 Å². The molecule has 12 heteroatoms. The minimum Gasteiger partial charge on any atom is -0.508 e. The molecule has 3 amide bonds. The fraction of sp³-hybridized carbons (Fsp3) is 0.468. The minimum atomic E-state index is -0.633. The van der Waals surface area contributed by atoms with E-state index in [9.17, 15) is 19.5 Å². The van der Waals surface area contributed by atoms with Crippen LogP contribution in [0.5, 0.6) is 11.5 Å². The number of aromatic nitrogens is 2. The van der Waals surface area contributed by atoms with Crippen LogP contribution in [0.25, 0.3) is 0 Å². The first-order chi connectivity index (χ1) is 28.8. The summed E-state index contributed by atoms with van der Waals surface area (Å²) in [5, 5.41) is 12.6. The summed E-state index contributed by atoms with van der Waals surface area (Å²) >= 11 is 0. The normalized spacial score (nSPS) is 26.4. The molecule has 0 radical (unpaired) electrons. The standard InChI is InChI=1S/C47H51N7O5/c55-34-7-9-36-31(20-34)6-8-35(30-4-2-1-3-5-30)42(36)32-23-48-46(49-24-32)52-16-14-47(15-17-52)21-29(22-47)25-51-18-19-53-33(26-51)28-59-43-38-27-54(40-12-13-41(56)50-44(40)57)45(58)37(38)10-11-39(43)53/h1-5,7,9-11,20,23-24,29,33,35,40,42,55H,6,8,12-19,21-22,25-28H2,(H,50,56,57)/t33-,35-,40+,42+/m1/s1. The molecule has 59 heavy (non-hydrogen) atoms. The number of amides is 3. The molecule has 0 bridgehead atoms. The molecule has 5 aliphatic heterocycles. The average molecular weight is 794 g/mol. The molecule has 6 heterocycles. The zero-order chi connectivity index (χ0) is 39.8. The Hall–Kier alpha value is -5.49. The first-order valence-electron chi connectivity index (χ1n) is 21.7. The van der Waals surface area contributed by atoms with E-state index in [0.717, 1.165) is 80.6 Å². The second-order valence-corrected chi connectivity index (χ2v) is 18.3. The second-order valence-electron chi connectivity index (χ2n) is 18.3. The number of aromatic hydroxyl groups is 1. The first kappa shape index (κ1) is 36.6. The number of piperidine rings is 2. The van der Waals surface area contributed by atoms with Gasteiger partial charge in [0, 0.05) is 75.1 Å². The molecule has 3 saturated heterocycles. The van der Waals surface area contributed by atoms with Crippen LogP contribution in [0, 0.1) is 11.3 Å². The molecule has 12 nitrogen and oxygen atoms in total. The molecule has 2 aliphatic carbocycles. The molecule has 1 saturated carbocycles. The summed E-state index contributed by atoms with van der Waals surface area (Å²) in [5.74, 6) is 2.28. The summed E-state index contributed by atoms with van der Waals surface area (Å²) in [6, 6.07) is 20.2. The van der Waals surface area contributed by atoms with Crippen LogP contribution in [0.4, 0.5) is 11.6 Å². The number of phenolic OH excluding ortho intramolecular Hbond substituents is 1. The van der Waals surface area contributed by atoms with Crippen molar-refractivity contribution < 1.29 is 24.2 Å². The molecular weight excluding hydrogens is 743 g/mol. The van der Waals surface area contributed by atoms with Gasteiger partial charge in [0.15, 0.2) is 0 Å². The number of nitrogens with zero attached hydrogens (tertiary/aromatic N) is 6. The molecule has 7 aliphatic rings. The molecule has 11 rings (SSSR count). The number of ether oxygens (including phenoxy) is 1. The summed E-state index contributed by atoms with van der Waals surface area (Å²) in [6.07, 6.45) is 11.6. The predicted molar refractivity (Wildman–Crippen MR) is 222 cm³/mol. The van der Waals surface area contributed by atoms with Crippen LogP contribution in [0.3, 0.4) is 0 Å². The molecule has 0 unspecified atom stereocenters. The SMILES string of the molecule is O=C1CC[C@H](N2Cc3c(ccc4c3OC[C@H]3CN(CC5CC6(CCN(c7ncc([C@@H]8c9ccc(O)cc9CC[C@@H]8c8ccccc8)cn7)CC6)C5)CCN43)C2=O)C(=O)N1. The van der Waals surface area contributed by atoms with Crippen molar-refractivity contribution in [2.24, 2.45) is 11.3 Å². The summed E-state index contributed by atoms with van der Waals surface area (Å²) in [4.78, 5) is 56.7. The molecule has 4 atom stereocenters. The molecular formula is C47H51N7O5. The number of fused-ring (bicyclic) bond motifs is 6. The van der Waals surface area contributed by atoms with Crippen molar-refractivity contribution in [1.82, 2.24) is 25.1 Å². The predicted octanol–water partition coefficient (Wildman–Crippen LogP) is 5.38. The maximum absolute atomic E-state index is 13.4. The number of aryl methyl sites for hydroxylation is 1. The zero-order valence-corrected chi connectivity index (χ0v) is 33.4. The van der Waals surface area contributed by atoms with Gasteiger partial charge in [0.2, 0.25) is 17.8 Å². The highest BCUT2D eigenvalue weighted by molar-refractivity contribution is 6.06. The van der Waals surface area contributed by atoms with E-state index < -0.39 is 11.9 Å². The summed E-state index contributed by atoms with van der Waals surface area (Å²) in [5.41, 5.74) is 7.88. The van der Waals surface area contributed by atoms with Crippen LogP contribution in [0.1, 0.15) is 95.0 Å². The van der Waals surface area contributed by atoms with Gasteiger partial charge in [0.25, 0.3) is 5.91 Å². The van der Waals surface area contributed by atoms with Crippen LogP contribution in [0.2, 0.25) is 0 Å². The highest BCUT2D eigenvalue weighted by Crippen LogP contribution is 2.53. The number of imide groups is 1. The fourth-order valence-electron chi connectivity index (χ4n) is 11.9.